The monoisotopic (exact) mass is 420 g/mol. The highest BCUT2D eigenvalue weighted by Crippen LogP contribution is 2.44. The Bertz CT molecular complexity index is 1380. The van der Waals surface area contributed by atoms with Gasteiger partial charge in [-0.2, -0.15) is 0 Å². The summed E-state index contributed by atoms with van der Waals surface area (Å²) in [6.45, 7) is 4.39. The second kappa shape index (κ2) is 8.21. The van der Waals surface area contributed by atoms with Crippen LogP contribution in [0.1, 0.15) is 25.0 Å². The van der Waals surface area contributed by atoms with E-state index in [0.29, 0.717) is 0 Å². The van der Waals surface area contributed by atoms with Gasteiger partial charge in [-0.3, -0.25) is 0 Å². The molecule has 5 aromatic rings. The van der Waals surface area contributed by atoms with Crippen molar-refractivity contribution < 1.29 is 0 Å². The van der Waals surface area contributed by atoms with Gasteiger partial charge < -0.3 is 0 Å². The quantitative estimate of drug-likeness (QED) is 0.254. The SMILES string of the molecule is CCc1ccc(-c2c3ccccc3c(-c3ccc(CC)cc3)c3cc(Cl)ccc23)cc1. The number of hydrogen-bond donors (Lipinski definition) is 0. The van der Waals surface area contributed by atoms with Crippen LogP contribution >= 0.6 is 11.6 Å². The minimum atomic E-state index is 0.765. The van der Waals surface area contributed by atoms with Gasteiger partial charge in [0.1, 0.15) is 0 Å². The second-order valence-electron chi connectivity index (χ2n) is 8.09. The van der Waals surface area contributed by atoms with Gasteiger partial charge in [0.15, 0.2) is 0 Å². The Kier molecular flexibility index (Phi) is 5.26. The Morgan fingerprint density at radius 1 is 0.516 bits per heavy atom. The normalized spacial score (nSPS) is 11.3. The number of hydrogen-bond acceptors (Lipinski definition) is 0. The van der Waals surface area contributed by atoms with E-state index in [1.165, 1.54) is 54.9 Å². The number of halogens is 1. The third-order valence-electron chi connectivity index (χ3n) is 6.29. The fourth-order valence-corrected chi connectivity index (χ4v) is 4.76. The number of rotatable bonds is 4. The molecule has 0 saturated carbocycles. The summed E-state index contributed by atoms with van der Waals surface area (Å²) in [6.07, 6.45) is 2.09. The van der Waals surface area contributed by atoms with Crippen molar-refractivity contribution in [3.8, 4) is 22.3 Å². The zero-order valence-corrected chi connectivity index (χ0v) is 18.7. The van der Waals surface area contributed by atoms with Crippen LogP contribution in [-0.4, -0.2) is 0 Å². The predicted molar refractivity (Wildman–Crippen MR) is 136 cm³/mol. The first kappa shape index (κ1) is 19.8. The average Bonchev–Trinajstić information content (AvgIpc) is 2.83. The molecule has 31 heavy (non-hydrogen) atoms. The van der Waals surface area contributed by atoms with E-state index in [2.05, 4.69) is 98.8 Å². The van der Waals surface area contributed by atoms with E-state index in [0.717, 1.165) is 17.9 Å². The molecule has 0 spiro atoms. The zero-order valence-electron chi connectivity index (χ0n) is 18.0. The van der Waals surface area contributed by atoms with Crippen LogP contribution in [0.25, 0.3) is 43.8 Å². The lowest BCUT2D eigenvalue weighted by Crippen LogP contribution is -1.91. The minimum Gasteiger partial charge on any atom is -0.0843 e. The van der Waals surface area contributed by atoms with Crippen molar-refractivity contribution in [1.82, 2.24) is 0 Å². The van der Waals surface area contributed by atoms with Crippen molar-refractivity contribution in [2.75, 3.05) is 0 Å². The van der Waals surface area contributed by atoms with Gasteiger partial charge in [0.05, 0.1) is 0 Å². The fraction of sp³-hybridized carbons (Fsp3) is 0.133. The van der Waals surface area contributed by atoms with Gasteiger partial charge in [0.25, 0.3) is 0 Å². The van der Waals surface area contributed by atoms with E-state index < -0.39 is 0 Å². The molecule has 5 rings (SSSR count). The highest BCUT2D eigenvalue weighted by atomic mass is 35.5. The van der Waals surface area contributed by atoms with Gasteiger partial charge in [0.2, 0.25) is 0 Å². The summed E-state index contributed by atoms with van der Waals surface area (Å²) in [7, 11) is 0. The summed E-state index contributed by atoms with van der Waals surface area (Å²) in [5, 5.41) is 5.74. The van der Waals surface area contributed by atoms with Gasteiger partial charge in [-0.25, -0.2) is 0 Å². The smallest absolute Gasteiger partial charge is 0.0412 e. The molecule has 0 aliphatic heterocycles. The van der Waals surface area contributed by atoms with Crippen molar-refractivity contribution in [2.45, 2.75) is 26.7 Å². The van der Waals surface area contributed by atoms with Crippen molar-refractivity contribution in [1.29, 1.82) is 0 Å². The summed E-state index contributed by atoms with van der Waals surface area (Å²) < 4.78 is 0. The van der Waals surface area contributed by atoms with Crippen LogP contribution in [-0.2, 0) is 12.8 Å². The third kappa shape index (κ3) is 3.52. The average molecular weight is 421 g/mol. The van der Waals surface area contributed by atoms with E-state index in [4.69, 9.17) is 11.6 Å². The Hall–Kier alpha value is -3.09. The first-order valence-corrected chi connectivity index (χ1v) is 11.4. The molecule has 0 saturated heterocycles. The second-order valence-corrected chi connectivity index (χ2v) is 8.52. The predicted octanol–water partition coefficient (Wildman–Crippen LogP) is 9.11. The Balaban J connectivity index is 1.90. The maximum Gasteiger partial charge on any atom is 0.0412 e. The van der Waals surface area contributed by atoms with E-state index in [9.17, 15) is 0 Å². The maximum atomic E-state index is 6.51. The molecule has 0 heterocycles. The molecule has 0 aromatic heterocycles. The molecule has 0 N–H and O–H groups in total. The summed E-state index contributed by atoms with van der Waals surface area (Å²) in [6, 6.07) is 33.0. The topological polar surface area (TPSA) is 0 Å². The number of fused-ring (bicyclic) bond motifs is 2. The lowest BCUT2D eigenvalue weighted by molar-refractivity contribution is 1.14. The maximum absolute atomic E-state index is 6.51. The first-order valence-electron chi connectivity index (χ1n) is 11.0. The Labute approximate surface area is 189 Å². The number of benzene rings is 5. The fourth-order valence-electron chi connectivity index (χ4n) is 4.59. The highest BCUT2D eigenvalue weighted by molar-refractivity contribution is 6.32. The number of aryl methyl sites for hydroxylation is 2. The van der Waals surface area contributed by atoms with Crippen molar-refractivity contribution in [3.63, 3.8) is 0 Å². The van der Waals surface area contributed by atoms with E-state index in [-0.39, 0.29) is 0 Å². The van der Waals surface area contributed by atoms with E-state index in [1.54, 1.807) is 0 Å². The van der Waals surface area contributed by atoms with Crippen LogP contribution < -0.4 is 0 Å². The van der Waals surface area contributed by atoms with Crippen LogP contribution in [0, 0.1) is 0 Å². The molecule has 0 aliphatic rings. The lowest BCUT2D eigenvalue weighted by Gasteiger charge is -2.18. The third-order valence-corrected chi connectivity index (χ3v) is 6.52. The molecule has 152 valence electrons. The van der Waals surface area contributed by atoms with E-state index >= 15 is 0 Å². The molecule has 0 nitrogen and oxygen atoms in total. The van der Waals surface area contributed by atoms with Crippen LogP contribution in [0.3, 0.4) is 0 Å². The van der Waals surface area contributed by atoms with Gasteiger partial charge in [-0.05, 0) is 79.9 Å². The molecule has 0 aliphatic carbocycles. The highest BCUT2D eigenvalue weighted by Gasteiger charge is 2.16. The molecular formula is C30H25Cl. The summed E-state index contributed by atoms with van der Waals surface area (Å²) >= 11 is 6.51. The molecule has 0 fully saturated rings. The van der Waals surface area contributed by atoms with Crippen molar-refractivity contribution in [2.24, 2.45) is 0 Å². The van der Waals surface area contributed by atoms with Crippen LogP contribution in [0.2, 0.25) is 5.02 Å². The molecule has 0 bridgehead atoms. The largest absolute Gasteiger partial charge is 0.0843 e. The Morgan fingerprint density at radius 3 is 1.45 bits per heavy atom. The van der Waals surface area contributed by atoms with Crippen LogP contribution in [0.5, 0.6) is 0 Å². The van der Waals surface area contributed by atoms with Crippen LogP contribution in [0.15, 0.2) is 91.0 Å². The molecule has 1 heteroatoms. The van der Waals surface area contributed by atoms with Crippen molar-refractivity contribution >= 4 is 33.1 Å². The van der Waals surface area contributed by atoms with Crippen molar-refractivity contribution in [3.05, 3.63) is 107 Å². The zero-order chi connectivity index (χ0) is 21.4. The molecule has 0 atom stereocenters. The van der Waals surface area contributed by atoms with Gasteiger partial charge >= 0.3 is 0 Å². The first-order chi connectivity index (χ1) is 15.2. The molecular weight excluding hydrogens is 396 g/mol. The van der Waals surface area contributed by atoms with Gasteiger partial charge in [0, 0.05) is 5.02 Å². The Morgan fingerprint density at radius 2 is 0.968 bits per heavy atom. The summed E-state index contributed by atoms with van der Waals surface area (Å²) in [5.41, 5.74) is 7.71. The molecule has 0 radical (unpaired) electrons. The summed E-state index contributed by atoms with van der Waals surface area (Å²) in [5.74, 6) is 0. The van der Waals surface area contributed by atoms with Gasteiger partial charge in [-0.1, -0.05) is 104 Å². The molecule has 5 aromatic carbocycles. The molecule has 0 unspecified atom stereocenters. The van der Waals surface area contributed by atoms with E-state index in [1.807, 2.05) is 6.07 Å². The van der Waals surface area contributed by atoms with Gasteiger partial charge in [-0.15, -0.1) is 0 Å². The lowest BCUT2D eigenvalue weighted by atomic mass is 9.85. The molecule has 0 amide bonds. The standard InChI is InChI=1S/C30H25Cl/c1-3-20-9-13-22(14-10-20)29-25-7-5-6-8-26(25)30(23-15-11-21(4-2)12-16-23)28-19-24(31)17-18-27(28)29/h5-19H,3-4H2,1-2H3. The van der Waals surface area contributed by atoms with Crippen LogP contribution in [0.4, 0.5) is 0 Å². The summed E-state index contributed by atoms with van der Waals surface area (Å²) in [4.78, 5) is 0. The minimum absolute atomic E-state index is 0.765.